The van der Waals surface area contributed by atoms with Gasteiger partial charge >= 0.3 is 5.95 Å². The number of halogens is 1. The number of nitrogens with one attached hydrogen (secondary N) is 1. The van der Waals surface area contributed by atoms with E-state index < -0.39 is 4.92 Å². The van der Waals surface area contributed by atoms with Crippen LogP contribution in [0.3, 0.4) is 0 Å². The molecule has 0 unspecified atom stereocenters. The molecule has 7 nitrogen and oxygen atoms in total. The third-order valence-corrected chi connectivity index (χ3v) is 3.26. The fourth-order valence-corrected chi connectivity index (χ4v) is 2.47. The lowest BCUT2D eigenvalue weighted by atomic mass is 10.1. The zero-order chi connectivity index (χ0) is 11.7. The van der Waals surface area contributed by atoms with Crippen LogP contribution in [-0.4, -0.2) is 37.5 Å². The number of aromatic amines is 1. The van der Waals surface area contributed by atoms with Crippen LogP contribution in [0.5, 0.6) is 0 Å². The molecule has 16 heavy (non-hydrogen) atoms. The third kappa shape index (κ3) is 2.08. The van der Waals surface area contributed by atoms with Crippen molar-refractivity contribution in [2.24, 2.45) is 0 Å². The molecule has 0 saturated carbocycles. The summed E-state index contributed by atoms with van der Waals surface area (Å²) in [5.41, 5.74) is 0.476. The number of imidazole rings is 1. The van der Waals surface area contributed by atoms with Crippen LogP contribution in [-0.2, 0) is 4.74 Å². The largest absolute Gasteiger partial charge is 0.432 e. The van der Waals surface area contributed by atoms with E-state index in [0.717, 1.165) is 0 Å². The van der Waals surface area contributed by atoms with E-state index in [-0.39, 0.29) is 29.6 Å². The smallest absolute Gasteiger partial charge is 0.394 e. The van der Waals surface area contributed by atoms with Gasteiger partial charge in [-0.25, -0.2) is 4.98 Å². The Bertz CT molecular complexity index is 396. The minimum Gasteiger partial charge on any atom is -0.394 e. The Balaban J connectivity index is 2.15. The van der Waals surface area contributed by atoms with E-state index in [1.54, 1.807) is 0 Å². The molecule has 1 aromatic heterocycles. The van der Waals surface area contributed by atoms with E-state index >= 15 is 0 Å². The fraction of sp³-hybridized carbons (Fsp3) is 0.625. The summed E-state index contributed by atoms with van der Waals surface area (Å²) in [6.07, 6.45) is 1.51. The van der Waals surface area contributed by atoms with Gasteiger partial charge in [-0.05, 0) is 11.3 Å². The highest BCUT2D eigenvalue weighted by Gasteiger charge is 2.37. The molecule has 2 N–H and O–H groups in total. The van der Waals surface area contributed by atoms with Gasteiger partial charge in [-0.2, -0.15) is 0 Å². The number of aliphatic hydroxyl groups is 1. The van der Waals surface area contributed by atoms with Gasteiger partial charge in [-0.3, -0.25) is 0 Å². The highest BCUT2D eigenvalue weighted by Crippen LogP contribution is 2.37. The summed E-state index contributed by atoms with van der Waals surface area (Å²) in [7, 11) is 0. The van der Waals surface area contributed by atoms with E-state index in [4.69, 9.17) is 9.84 Å². The minimum atomic E-state index is -0.592. The van der Waals surface area contributed by atoms with Crippen molar-refractivity contribution < 1.29 is 14.8 Å². The van der Waals surface area contributed by atoms with Gasteiger partial charge in [0, 0.05) is 0 Å². The van der Waals surface area contributed by atoms with Crippen molar-refractivity contribution in [2.45, 2.75) is 23.5 Å². The number of alkyl halides is 1. The molecule has 0 radical (unpaired) electrons. The lowest BCUT2D eigenvalue weighted by Crippen LogP contribution is -2.11. The van der Waals surface area contributed by atoms with Crippen LogP contribution in [0.2, 0.25) is 0 Å². The van der Waals surface area contributed by atoms with E-state index in [2.05, 4.69) is 25.9 Å². The van der Waals surface area contributed by atoms with Crippen LogP contribution in [0, 0.1) is 10.1 Å². The van der Waals surface area contributed by atoms with Crippen molar-refractivity contribution >= 4 is 21.9 Å². The number of hydrogen-bond acceptors (Lipinski definition) is 5. The van der Waals surface area contributed by atoms with Gasteiger partial charge in [-0.1, -0.05) is 20.9 Å². The molecule has 2 rings (SSSR count). The minimum absolute atomic E-state index is 0.00699. The summed E-state index contributed by atoms with van der Waals surface area (Å²) < 4.78 is 5.50. The highest BCUT2D eigenvalue weighted by molar-refractivity contribution is 9.09. The Morgan fingerprint density at radius 2 is 2.56 bits per heavy atom. The monoisotopic (exact) mass is 291 g/mol. The van der Waals surface area contributed by atoms with E-state index in [1.165, 1.54) is 6.20 Å². The molecule has 1 aromatic rings. The van der Waals surface area contributed by atoms with Gasteiger partial charge in [-0.15, -0.1) is 0 Å². The standard InChI is InChI=1S/C8H10BrN3O4/c9-5-1-4(3-13)16-7(5)6-2-10-8(11-6)12(14)15/h2,4-5,7,13H,1,3H2,(H,10,11)/t4-,5+,7+/m0/s1. The second-order valence-corrected chi connectivity index (χ2v) is 4.70. The number of H-pyrrole nitrogens is 1. The molecule has 0 aliphatic carbocycles. The average molecular weight is 292 g/mol. The van der Waals surface area contributed by atoms with E-state index in [9.17, 15) is 10.1 Å². The summed E-state index contributed by atoms with van der Waals surface area (Å²) in [6, 6.07) is 0. The second kappa shape index (κ2) is 4.48. The molecule has 8 heteroatoms. The lowest BCUT2D eigenvalue weighted by molar-refractivity contribution is -0.393. The predicted octanol–water partition coefficient (Wildman–Crippen LogP) is 0.904. The molecule has 1 aliphatic rings. The Labute approximate surface area is 99.1 Å². The number of hydrogen-bond donors (Lipinski definition) is 2. The summed E-state index contributed by atoms with van der Waals surface area (Å²) in [4.78, 5) is 16.1. The first kappa shape index (κ1) is 11.5. The van der Waals surface area contributed by atoms with Crippen LogP contribution in [0.1, 0.15) is 18.2 Å². The van der Waals surface area contributed by atoms with Gasteiger partial charge in [0.25, 0.3) is 0 Å². The number of nitrogens with zero attached hydrogens (tertiary/aromatic N) is 2. The summed E-state index contributed by atoms with van der Waals surface area (Å²) in [5.74, 6) is -0.300. The molecule has 3 atom stereocenters. The van der Waals surface area contributed by atoms with Crippen LogP contribution in [0.4, 0.5) is 5.95 Å². The van der Waals surface area contributed by atoms with Crippen molar-refractivity contribution in [3.05, 3.63) is 22.0 Å². The summed E-state index contributed by atoms with van der Waals surface area (Å²) in [6.45, 7) is -0.0644. The number of ether oxygens (including phenoxy) is 1. The third-order valence-electron chi connectivity index (χ3n) is 2.41. The maximum atomic E-state index is 10.5. The first-order valence-corrected chi connectivity index (χ1v) is 5.63. The molecular formula is C8H10BrN3O4. The Hall–Kier alpha value is -0.990. The molecular weight excluding hydrogens is 282 g/mol. The van der Waals surface area contributed by atoms with Gasteiger partial charge in [0.2, 0.25) is 0 Å². The maximum absolute atomic E-state index is 10.5. The zero-order valence-electron chi connectivity index (χ0n) is 8.17. The van der Waals surface area contributed by atoms with Crippen molar-refractivity contribution in [2.75, 3.05) is 6.61 Å². The maximum Gasteiger partial charge on any atom is 0.432 e. The Morgan fingerprint density at radius 3 is 3.06 bits per heavy atom. The molecule has 0 amide bonds. The molecule has 2 heterocycles. The van der Waals surface area contributed by atoms with Crippen molar-refractivity contribution in [3.8, 4) is 0 Å². The molecule has 0 spiro atoms. The van der Waals surface area contributed by atoms with Crippen molar-refractivity contribution in [1.29, 1.82) is 0 Å². The van der Waals surface area contributed by atoms with Crippen LogP contribution < -0.4 is 0 Å². The first-order chi connectivity index (χ1) is 7.61. The van der Waals surface area contributed by atoms with E-state index in [1.807, 2.05) is 0 Å². The number of aliphatic hydroxyl groups excluding tert-OH is 1. The van der Waals surface area contributed by atoms with Crippen LogP contribution in [0.15, 0.2) is 6.20 Å². The van der Waals surface area contributed by atoms with Crippen molar-refractivity contribution in [1.82, 2.24) is 9.97 Å². The van der Waals surface area contributed by atoms with Crippen molar-refractivity contribution in [3.63, 3.8) is 0 Å². The molecule has 88 valence electrons. The van der Waals surface area contributed by atoms with Crippen LogP contribution >= 0.6 is 15.9 Å². The summed E-state index contributed by atoms with van der Waals surface area (Å²) >= 11 is 3.41. The topological polar surface area (TPSA) is 101 Å². The van der Waals surface area contributed by atoms with Gasteiger partial charge in [0.05, 0.1) is 17.5 Å². The van der Waals surface area contributed by atoms with Gasteiger partial charge in [0.15, 0.2) is 5.69 Å². The zero-order valence-corrected chi connectivity index (χ0v) is 9.75. The quantitative estimate of drug-likeness (QED) is 0.489. The number of rotatable bonds is 3. The first-order valence-electron chi connectivity index (χ1n) is 4.72. The summed E-state index contributed by atoms with van der Waals surface area (Å²) in [5, 5.41) is 19.4. The van der Waals surface area contributed by atoms with Gasteiger partial charge in [0.1, 0.15) is 12.3 Å². The molecule has 1 aliphatic heterocycles. The molecule has 1 fully saturated rings. The fourth-order valence-electron chi connectivity index (χ4n) is 1.66. The molecule has 0 bridgehead atoms. The highest BCUT2D eigenvalue weighted by atomic mass is 79.9. The SMILES string of the molecule is O=[N+]([O-])c1nc([C@@H]2O[C@H](CO)C[C@H]2Br)c[nH]1. The van der Waals surface area contributed by atoms with E-state index in [0.29, 0.717) is 12.1 Å². The van der Waals surface area contributed by atoms with Gasteiger partial charge < -0.3 is 20.0 Å². The van der Waals surface area contributed by atoms with Crippen LogP contribution in [0.25, 0.3) is 0 Å². The Morgan fingerprint density at radius 1 is 1.81 bits per heavy atom. The normalized spacial score (nSPS) is 29.5. The predicted molar refractivity (Wildman–Crippen MR) is 57.3 cm³/mol. The molecule has 0 aromatic carbocycles. The molecule has 1 saturated heterocycles. The Kier molecular flexibility index (Phi) is 3.22. The second-order valence-electron chi connectivity index (χ2n) is 3.52. The lowest BCUT2D eigenvalue weighted by Gasteiger charge is -2.08. The average Bonchev–Trinajstić information content (AvgIpc) is 2.83. The number of aromatic nitrogens is 2. The number of nitro groups is 1.